The first-order valence-corrected chi connectivity index (χ1v) is 3.37. The normalized spacial score (nSPS) is 12.6. The molecule has 0 radical (unpaired) electrons. The molecule has 0 saturated carbocycles. The maximum atomic E-state index is 12.8. The van der Waals surface area contributed by atoms with Gasteiger partial charge in [-0.2, -0.15) is 0 Å². The van der Waals surface area contributed by atoms with Crippen LogP contribution in [-0.2, 0) is 0 Å². The number of hydrogen-bond donors (Lipinski definition) is 1. The van der Waals surface area contributed by atoms with E-state index in [1.165, 1.54) is 6.07 Å². The second-order valence-corrected chi connectivity index (χ2v) is 2.25. The summed E-state index contributed by atoms with van der Waals surface area (Å²) < 4.78 is 17.7. The molecular formula is C8H10FNO. The second kappa shape index (κ2) is 3.34. The van der Waals surface area contributed by atoms with Gasteiger partial charge in [-0.05, 0) is 19.1 Å². The Balaban J connectivity index is 2.78. The topological polar surface area (TPSA) is 35.2 Å². The lowest BCUT2D eigenvalue weighted by molar-refractivity contribution is 0.219. The Kier molecular flexibility index (Phi) is 2.44. The Morgan fingerprint density at radius 3 is 2.64 bits per heavy atom. The Bertz CT molecular complexity index is 237. The average molecular weight is 155 g/mol. The Hall–Kier alpha value is -1.09. The van der Waals surface area contributed by atoms with Gasteiger partial charge in [-0.1, -0.05) is 12.1 Å². The summed E-state index contributed by atoms with van der Waals surface area (Å²) in [5.74, 6) is -0.188. The molecule has 60 valence electrons. The van der Waals surface area contributed by atoms with Gasteiger partial charge < -0.3 is 4.74 Å². The fourth-order valence-electron chi connectivity index (χ4n) is 0.741. The number of ether oxygens (including phenoxy) is 1. The molecule has 2 N–H and O–H groups in total. The molecule has 0 aliphatic carbocycles. The molecule has 0 saturated heterocycles. The highest BCUT2D eigenvalue weighted by Crippen LogP contribution is 2.15. The molecule has 0 amide bonds. The van der Waals surface area contributed by atoms with E-state index in [0.29, 0.717) is 0 Å². The van der Waals surface area contributed by atoms with Crippen LogP contribution in [-0.4, -0.2) is 6.23 Å². The molecule has 1 aromatic carbocycles. The van der Waals surface area contributed by atoms with Gasteiger partial charge in [0.1, 0.15) is 6.23 Å². The molecule has 1 rings (SSSR count). The summed E-state index contributed by atoms with van der Waals surface area (Å²) in [6.45, 7) is 1.65. The van der Waals surface area contributed by atoms with E-state index in [0.717, 1.165) is 0 Å². The van der Waals surface area contributed by atoms with E-state index >= 15 is 0 Å². The Labute approximate surface area is 64.8 Å². The van der Waals surface area contributed by atoms with Gasteiger partial charge in [-0.15, -0.1) is 0 Å². The summed E-state index contributed by atoms with van der Waals surface area (Å²) in [5, 5.41) is 0. The van der Waals surface area contributed by atoms with Crippen molar-refractivity contribution in [1.82, 2.24) is 0 Å². The summed E-state index contributed by atoms with van der Waals surface area (Å²) in [5.41, 5.74) is 5.30. The molecule has 2 nitrogen and oxygen atoms in total. The predicted molar refractivity (Wildman–Crippen MR) is 40.7 cm³/mol. The van der Waals surface area contributed by atoms with E-state index in [1.54, 1.807) is 25.1 Å². The summed E-state index contributed by atoms with van der Waals surface area (Å²) in [7, 11) is 0. The molecular weight excluding hydrogens is 145 g/mol. The molecule has 0 aliphatic rings. The number of nitrogens with two attached hydrogens (primary N) is 1. The SMILES string of the molecule is CC(N)Oc1ccccc1F. The summed E-state index contributed by atoms with van der Waals surface area (Å²) in [6, 6.07) is 6.17. The molecule has 0 aliphatic heterocycles. The maximum Gasteiger partial charge on any atom is 0.165 e. The van der Waals surface area contributed by atoms with Crippen molar-refractivity contribution in [2.75, 3.05) is 0 Å². The highest BCUT2D eigenvalue weighted by molar-refractivity contribution is 5.23. The van der Waals surface area contributed by atoms with E-state index in [4.69, 9.17) is 10.5 Å². The van der Waals surface area contributed by atoms with Crippen molar-refractivity contribution in [3.8, 4) is 5.75 Å². The quantitative estimate of drug-likeness (QED) is 0.657. The van der Waals surface area contributed by atoms with Crippen molar-refractivity contribution in [3.05, 3.63) is 30.1 Å². The lowest BCUT2D eigenvalue weighted by Gasteiger charge is -2.09. The van der Waals surface area contributed by atoms with Gasteiger partial charge in [0, 0.05) is 0 Å². The molecule has 0 aromatic heterocycles. The minimum atomic E-state index is -0.480. The third-order valence-corrected chi connectivity index (χ3v) is 1.15. The fraction of sp³-hybridized carbons (Fsp3) is 0.250. The van der Waals surface area contributed by atoms with E-state index in [-0.39, 0.29) is 11.6 Å². The van der Waals surface area contributed by atoms with Gasteiger partial charge >= 0.3 is 0 Å². The first-order valence-electron chi connectivity index (χ1n) is 3.37. The lowest BCUT2D eigenvalue weighted by Crippen LogP contribution is -2.22. The van der Waals surface area contributed by atoms with Gasteiger partial charge in [0.2, 0.25) is 0 Å². The molecule has 11 heavy (non-hydrogen) atoms. The van der Waals surface area contributed by atoms with Gasteiger partial charge in [-0.3, -0.25) is 5.73 Å². The second-order valence-electron chi connectivity index (χ2n) is 2.25. The van der Waals surface area contributed by atoms with Crippen LogP contribution in [0.5, 0.6) is 5.75 Å². The number of rotatable bonds is 2. The smallest absolute Gasteiger partial charge is 0.165 e. The number of benzene rings is 1. The Morgan fingerprint density at radius 1 is 1.45 bits per heavy atom. The highest BCUT2D eigenvalue weighted by atomic mass is 19.1. The van der Waals surface area contributed by atoms with Crippen LogP contribution in [0.4, 0.5) is 4.39 Å². The van der Waals surface area contributed by atoms with Gasteiger partial charge in [0.05, 0.1) is 0 Å². The molecule has 1 aromatic rings. The van der Waals surface area contributed by atoms with Crippen LogP contribution in [0.1, 0.15) is 6.92 Å². The zero-order valence-corrected chi connectivity index (χ0v) is 6.25. The van der Waals surface area contributed by atoms with Crippen LogP contribution in [0.15, 0.2) is 24.3 Å². The molecule has 3 heteroatoms. The van der Waals surface area contributed by atoms with Gasteiger partial charge in [0.25, 0.3) is 0 Å². The van der Waals surface area contributed by atoms with Crippen molar-refractivity contribution in [1.29, 1.82) is 0 Å². The third-order valence-electron chi connectivity index (χ3n) is 1.15. The van der Waals surface area contributed by atoms with Gasteiger partial charge in [-0.25, -0.2) is 4.39 Å². The minimum absolute atomic E-state index is 0.197. The number of halogens is 1. The van der Waals surface area contributed by atoms with Crippen LogP contribution in [0.25, 0.3) is 0 Å². The molecule has 0 heterocycles. The maximum absolute atomic E-state index is 12.8. The summed E-state index contributed by atoms with van der Waals surface area (Å²) in [6.07, 6.45) is -0.480. The van der Waals surface area contributed by atoms with Crippen molar-refractivity contribution >= 4 is 0 Å². The van der Waals surface area contributed by atoms with Crippen molar-refractivity contribution in [2.45, 2.75) is 13.2 Å². The minimum Gasteiger partial charge on any atom is -0.473 e. The molecule has 0 bridgehead atoms. The first-order chi connectivity index (χ1) is 5.20. The third kappa shape index (κ3) is 2.20. The predicted octanol–water partition coefficient (Wildman–Crippen LogP) is 1.51. The van der Waals surface area contributed by atoms with Crippen LogP contribution >= 0.6 is 0 Å². The summed E-state index contributed by atoms with van der Waals surface area (Å²) in [4.78, 5) is 0. The van der Waals surface area contributed by atoms with Gasteiger partial charge in [0.15, 0.2) is 11.6 Å². The molecule has 1 unspecified atom stereocenters. The van der Waals surface area contributed by atoms with Crippen molar-refractivity contribution < 1.29 is 9.13 Å². The van der Waals surface area contributed by atoms with E-state index in [9.17, 15) is 4.39 Å². The van der Waals surface area contributed by atoms with E-state index in [2.05, 4.69) is 0 Å². The Morgan fingerprint density at radius 2 is 2.09 bits per heavy atom. The highest BCUT2D eigenvalue weighted by Gasteiger charge is 2.02. The standard InChI is InChI=1S/C8H10FNO/c1-6(10)11-8-5-3-2-4-7(8)9/h2-6H,10H2,1H3. The first kappa shape index (κ1) is 8.01. The van der Waals surface area contributed by atoms with Crippen molar-refractivity contribution in [3.63, 3.8) is 0 Å². The molecule has 1 atom stereocenters. The summed E-state index contributed by atoms with van der Waals surface area (Å²) >= 11 is 0. The zero-order chi connectivity index (χ0) is 8.27. The largest absolute Gasteiger partial charge is 0.473 e. The van der Waals surface area contributed by atoms with Crippen molar-refractivity contribution in [2.24, 2.45) is 5.73 Å². The van der Waals surface area contributed by atoms with E-state index < -0.39 is 6.23 Å². The van der Waals surface area contributed by atoms with Crippen LogP contribution in [0.2, 0.25) is 0 Å². The monoisotopic (exact) mass is 155 g/mol. The number of para-hydroxylation sites is 1. The fourth-order valence-corrected chi connectivity index (χ4v) is 0.741. The van der Waals surface area contributed by atoms with Crippen LogP contribution in [0.3, 0.4) is 0 Å². The number of hydrogen-bond acceptors (Lipinski definition) is 2. The van der Waals surface area contributed by atoms with Crippen LogP contribution in [0, 0.1) is 5.82 Å². The molecule has 0 fully saturated rings. The average Bonchev–Trinajstić information content (AvgIpc) is 1.93. The molecule has 0 spiro atoms. The van der Waals surface area contributed by atoms with Crippen LogP contribution < -0.4 is 10.5 Å². The lowest BCUT2D eigenvalue weighted by atomic mass is 10.3. The van der Waals surface area contributed by atoms with E-state index in [1.807, 2.05) is 0 Å². The zero-order valence-electron chi connectivity index (χ0n) is 6.25.